The van der Waals surface area contributed by atoms with Crippen molar-refractivity contribution in [3.63, 3.8) is 0 Å². The number of benzene rings is 1. The average Bonchev–Trinajstić information content (AvgIpc) is 3.17. The van der Waals surface area contributed by atoms with Crippen molar-refractivity contribution < 1.29 is 0 Å². The van der Waals surface area contributed by atoms with Crippen LogP contribution in [-0.2, 0) is 0 Å². The van der Waals surface area contributed by atoms with E-state index in [2.05, 4.69) is 30.1 Å². The van der Waals surface area contributed by atoms with Crippen molar-refractivity contribution in [2.24, 2.45) is 0 Å². The van der Waals surface area contributed by atoms with E-state index in [1.807, 2.05) is 30.5 Å². The van der Waals surface area contributed by atoms with Crippen LogP contribution < -0.4 is 0 Å². The second-order valence-corrected chi connectivity index (χ2v) is 4.72. The minimum absolute atomic E-state index is 0.387. The normalized spacial score (nSPS) is 11.2. The minimum atomic E-state index is 0.387. The number of imidazole rings is 1. The van der Waals surface area contributed by atoms with Crippen molar-refractivity contribution in [2.45, 2.75) is 0 Å². The van der Waals surface area contributed by atoms with E-state index in [4.69, 9.17) is 11.6 Å². The van der Waals surface area contributed by atoms with Gasteiger partial charge in [-0.2, -0.15) is 5.10 Å². The van der Waals surface area contributed by atoms with Crippen LogP contribution in [0.15, 0.2) is 36.8 Å². The summed E-state index contributed by atoms with van der Waals surface area (Å²) in [7, 11) is 0. The molecule has 6 nitrogen and oxygen atoms in total. The summed E-state index contributed by atoms with van der Waals surface area (Å²) in [5, 5.41) is 7.05. The molecule has 1 aromatic carbocycles. The lowest BCUT2D eigenvalue weighted by Crippen LogP contribution is -1.79. The number of nitrogens with one attached hydrogen (secondary N) is 3. The Morgan fingerprint density at radius 1 is 1.20 bits per heavy atom. The van der Waals surface area contributed by atoms with Crippen LogP contribution in [-0.4, -0.2) is 30.1 Å². The number of fused-ring (bicyclic) bond motifs is 1. The predicted molar refractivity (Wildman–Crippen MR) is 76.3 cm³/mol. The maximum absolute atomic E-state index is 5.93. The van der Waals surface area contributed by atoms with Crippen LogP contribution in [0.25, 0.3) is 33.7 Å². The highest BCUT2D eigenvalue weighted by Crippen LogP contribution is 2.30. The topological polar surface area (TPSA) is 86.0 Å². The number of H-pyrrole nitrogens is 3. The molecule has 0 saturated heterocycles. The van der Waals surface area contributed by atoms with Crippen LogP contribution in [0.4, 0.5) is 0 Å². The summed E-state index contributed by atoms with van der Waals surface area (Å²) in [6.45, 7) is 0. The van der Waals surface area contributed by atoms with Gasteiger partial charge in [-0.25, -0.2) is 9.97 Å². The third-order valence-electron chi connectivity index (χ3n) is 3.15. The second kappa shape index (κ2) is 4.21. The number of aromatic amines is 3. The van der Waals surface area contributed by atoms with Gasteiger partial charge in [-0.05, 0) is 23.7 Å². The molecule has 3 heterocycles. The van der Waals surface area contributed by atoms with Crippen molar-refractivity contribution in [1.82, 2.24) is 30.1 Å². The van der Waals surface area contributed by atoms with Crippen LogP contribution in [0.3, 0.4) is 0 Å². The Hall–Kier alpha value is -2.60. The van der Waals surface area contributed by atoms with Crippen molar-refractivity contribution in [2.75, 3.05) is 0 Å². The fraction of sp³-hybridized carbons (Fsp3) is 0. The highest BCUT2D eigenvalue weighted by atomic mass is 35.5. The van der Waals surface area contributed by atoms with E-state index >= 15 is 0 Å². The van der Waals surface area contributed by atoms with E-state index in [0.717, 1.165) is 27.9 Å². The largest absolute Gasteiger partial charge is 0.358 e. The van der Waals surface area contributed by atoms with Gasteiger partial charge < -0.3 is 9.97 Å². The van der Waals surface area contributed by atoms with E-state index in [1.165, 1.54) is 6.33 Å². The quantitative estimate of drug-likeness (QED) is 0.529. The van der Waals surface area contributed by atoms with Gasteiger partial charge in [-0.1, -0.05) is 12.1 Å². The lowest BCUT2D eigenvalue weighted by atomic mass is 10.1. The molecule has 0 aliphatic heterocycles. The third kappa shape index (κ3) is 1.70. The lowest BCUT2D eigenvalue weighted by Gasteiger charge is -1.98. The van der Waals surface area contributed by atoms with Crippen molar-refractivity contribution in [3.05, 3.63) is 42.1 Å². The number of aromatic nitrogens is 6. The standard InChI is InChI=1S/C13H9ClN6/c14-13-18-9-3-1-2-8(11(9)19-13)7-4-10(15-5-7)12-16-6-17-20-12/h1-6,15H,(H,18,19)(H,16,17,20). The summed E-state index contributed by atoms with van der Waals surface area (Å²) in [6.07, 6.45) is 3.39. The van der Waals surface area contributed by atoms with Crippen LogP contribution in [0.2, 0.25) is 5.28 Å². The molecule has 0 aliphatic carbocycles. The summed E-state index contributed by atoms with van der Waals surface area (Å²) in [5.41, 5.74) is 4.66. The summed E-state index contributed by atoms with van der Waals surface area (Å²) in [5.74, 6) is 0.698. The zero-order valence-electron chi connectivity index (χ0n) is 10.2. The minimum Gasteiger partial charge on any atom is -0.358 e. The molecular formula is C13H9ClN6. The van der Waals surface area contributed by atoms with Crippen LogP contribution in [0.5, 0.6) is 0 Å². The molecular weight excluding hydrogens is 276 g/mol. The van der Waals surface area contributed by atoms with Crippen LogP contribution in [0.1, 0.15) is 0 Å². The van der Waals surface area contributed by atoms with E-state index in [1.54, 1.807) is 0 Å². The van der Waals surface area contributed by atoms with Crippen molar-refractivity contribution >= 4 is 22.6 Å². The molecule has 0 amide bonds. The molecule has 0 radical (unpaired) electrons. The van der Waals surface area contributed by atoms with Crippen LogP contribution >= 0.6 is 11.6 Å². The van der Waals surface area contributed by atoms with Gasteiger partial charge in [0.1, 0.15) is 6.33 Å². The van der Waals surface area contributed by atoms with Gasteiger partial charge in [0.05, 0.1) is 16.7 Å². The molecule has 98 valence electrons. The molecule has 0 bridgehead atoms. The Labute approximate surface area is 118 Å². The Bertz CT molecular complexity index is 873. The number of para-hydroxylation sites is 1. The average molecular weight is 285 g/mol. The molecule has 0 fully saturated rings. The molecule has 0 aliphatic rings. The van der Waals surface area contributed by atoms with Crippen molar-refractivity contribution in [3.8, 4) is 22.6 Å². The summed E-state index contributed by atoms with van der Waals surface area (Å²) in [4.78, 5) is 14.6. The monoisotopic (exact) mass is 284 g/mol. The highest BCUT2D eigenvalue weighted by Gasteiger charge is 2.11. The van der Waals surface area contributed by atoms with Gasteiger partial charge in [0.2, 0.25) is 5.28 Å². The first-order valence-corrected chi connectivity index (χ1v) is 6.38. The van der Waals surface area contributed by atoms with Gasteiger partial charge in [0.25, 0.3) is 0 Å². The number of nitrogens with zero attached hydrogens (tertiary/aromatic N) is 3. The Balaban J connectivity index is 1.87. The molecule has 4 rings (SSSR count). The summed E-state index contributed by atoms with van der Waals surface area (Å²) >= 11 is 5.93. The second-order valence-electron chi connectivity index (χ2n) is 4.37. The van der Waals surface area contributed by atoms with E-state index in [0.29, 0.717) is 11.1 Å². The predicted octanol–water partition coefficient (Wildman–Crippen LogP) is 3.00. The number of hydrogen-bond donors (Lipinski definition) is 3. The Morgan fingerprint density at radius 2 is 2.15 bits per heavy atom. The zero-order chi connectivity index (χ0) is 13.5. The molecule has 0 spiro atoms. The van der Waals surface area contributed by atoms with Gasteiger partial charge in [0, 0.05) is 17.3 Å². The lowest BCUT2D eigenvalue weighted by molar-refractivity contribution is 1.09. The fourth-order valence-corrected chi connectivity index (χ4v) is 2.44. The van der Waals surface area contributed by atoms with Crippen LogP contribution in [0, 0.1) is 0 Å². The molecule has 0 unspecified atom stereocenters. The molecule has 3 N–H and O–H groups in total. The maximum atomic E-state index is 5.93. The molecule has 7 heteroatoms. The molecule has 3 aromatic heterocycles. The van der Waals surface area contributed by atoms with Gasteiger partial charge in [0.15, 0.2) is 5.82 Å². The number of hydrogen-bond acceptors (Lipinski definition) is 3. The smallest absolute Gasteiger partial charge is 0.201 e. The van der Waals surface area contributed by atoms with E-state index < -0.39 is 0 Å². The summed E-state index contributed by atoms with van der Waals surface area (Å²) < 4.78 is 0. The first-order valence-electron chi connectivity index (χ1n) is 6.00. The molecule has 0 atom stereocenters. The maximum Gasteiger partial charge on any atom is 0.201 e. The molecule has 0 saturated carbocycles. The van der Waals surface area contributed by atoms with Gasteiger partial charge in [-0.3, -0.25) is 5.10 Å². The number of halogens is 1. The molecule has 4 aromatic rings. The highest BCUT2D eigenvalue weighted by molar-refractivity contribution is 6.29. The molecule has 20 heavy (non-hydrogen) atoms. The third-order valence-corrected chi connectivity index (χ3v) is 3.33. The first-order chi connectivity index (χ1) is 9.81. The zero-order valence-corrected chi connectivity index (χ0v) is 10.9. The SMILES string of the molecule is Clc1nc2c(-c3c[nH]c(-c4ncn[nH]4)c3)cccc2[nH]1. The van der Waals surface area contributed by atoms with Crippen molar-refractivity contribution in [1.29, 1.82) is 0 Å². The van der Waals surface area contributed by atoms with E-state index in [9.17, 15) is 0 Å². The summed E-state index contributed by atoms with van der Waals surface area (Å²) in [6, 6.07) is 7.92. The Morgan fingerprint density at radius 3 is 3.00 bits per heavy atom. The Kier molecular flexibility index (Phi) is 2.37. The number of rotatable bonds is 2. The fourth-order valence-electron chi connectivity index (χ4n) is 2.26. The van der Waals surface area contributed by atoms with Gasteiger partial charge >= 0.3 is 0 Å². The first kappa shape index (κ1) is 11.2. The van der Waals surface area contributed by atoms with E-state index in [-0.39, 0.29) is 0 Å². The van der Waals surface area contributed by atoms with Gasteiger partial charge in [-0.15, -0.1) is 0 Å².